The van der Waals surface area contributed by atoms with Crippen LogP contribution < -0.4 is 0 Å². The number of ketones is 1. The van der Waals surface area contributed by atoms with Gasteiger partial charge in [-0.25, -0.2) is 0 Å². The third-order valence-corrected chi connectivity index (χ3v) is 4.27. The van der Waals surface area contributed by atoms with E-state index < -0.39 is 0 Å². The molecule has 2 saturated carbocycles. The summed E-state index contributed by atoms with van der Waals surface area (Å²) in [6.07, 6.45) is 5.76. The van der Waals surface area contributed by atoms with Crippen molar-refractivity contribution in [3.05, 3.63) is 0 Å². The number of Topliss-reactive ketones (excluding diaryl/α,β-unsaturated/α-hetero) is 1. The first-order valence-electron chi connectivity index (χ1n) is 5.54. The smallest absolute Gasteiger partial charge is 0.132 e. The van der Waals surface area contributed by atoms with Crippen LogP contribution in [0.1, 0.15) is 46.0 Å². The van der Waals surface area contributed by atoms with Gasteiger partial charge in [-0.05, 0) is 51.4 Å². The van der Waals surface area contributed by atoms with Crippen LogP contribution >= 0.6 is 0 Å². The van der Waals surface area contributed by atoms with Crippen LogP contribution in [-0.2, 0) is 9.53 Å². The maximum Gasteiger partial charge on any atom is 0.132 e. The Hall–Kier alpha value is -0.370. The molecule has 80 valence electrons. The number of carbonyl (C=O) groups excluding carboxylic acids is 1. The molecule has 0 aromatic carbocycles. The van der Waals surface area contributed by atoms with Crippen LogP contribution in [0.3, 0.4) is 0 Å². The standard InChI is InChI=1S/C12H20O2/c1-9(13)10-4-5-12(6-10)7-11(2,8-12)14-3/h10H,4-8H2,1-3H3. The van der Waals surface area contributed by atoms with Crippen LogP contribution in [0.25, 0.3) is 0 Å². The quantitative estimate of drug-likeness (QED) is 0.678. The van der Waals surface area contributed by atoms with Gasteiger partial charge in [-0.3, -0.25) is 4.79 Å². The van der Waals surface area contributed by atoms with Crippen molar-refractivity contribution in [2.45, 2.75) is 51.6 Å². The molecule has 2 aliphatic carbocycles. The van der Waals surface area contributed by atoms with Crippen molar-refractivity contribution in [3.8, 4) is 0 Å². The first-order valence-corrected chi connectivity index (χ1v) is 5.54. The lowest BCUT2D eigenvalue weighted by atomic mass is 9.58. The second-order valence-electron chi connectivity index (χ2n) is 5.56. The number of methoxy groups -OCH3 is 1. The molecule has 2 fully saturated rings. The summed E-state index contributed by atoms with van der Waals surface area (Å²) in [6.45, 7) is 3.91. The summed E-state index contributed by atoms with van der Waals surface area (Å²) >= 11 is 0. The molecule has 2 aliphatic rings. The zero-order chi connectivity index (χ0) is 10.4. The second-order valence-corrected chi connectivity index (χ2v) is 5.56. The van der Waals surface area contributed by atoms with Crippen molar-refractivity contribution in [2.24, 2.45) is 11.3 Å². The van der Waals surface area contributed by atoms with Gasteiger partial charge in [0.05, 0.1) is 5.60 Å². The molecule has 0 bridgehead atoms. The zero-order valence-electron chi connectivity index (χ0n) is 9.43. The normalized spacial score (nSPS) is 46.6. The third kappa shape index (κ3) is 1.50. The van der Waals surface area contributed by atoms with Gasteiger partial charge in [-0.15, -0.1) is 0 Å². The minimum absolute atomic E-state index is 0.103. The van der Waals surface area contributed by atoms with Crippen molar-refractivity contribution in [1.82, 2.24) is 0 Å². The number of carbonyl (C=O) groups is 1. The molecular formula is C12H20O2. The van der Waals surface area contributed by atoms with E-state index in [1.54, 1.807) is 14.0 Å². The van der Waals surface area contributed by atoms with Gasteiger partial charge in [0.2, 0.25) is 0 Å². The van der Waals surface area contributed by atoms with Crippen LogP contribution in [0.4, 0.5) is 0 Å². The van der Waals surface area contributed by atoms with Gasteiger partial charge in [0.15, 0.2) is 0 Å². The van der Waals surface area contributed by atoms with E-state index in [-0.39, 0.29) is 5.60 Å². The van der Waals surface area contributed by atoms with E-state index in [1.165, 1.54) is 6.42 Å². The molecule has 2 nitrogen and oxygen atoms in total. The Morgan fingerprint density at radius 2 is 2.07 bits per heavy atom. The van der Waals surface area contributed by atoms with Crippen LogP contribution in [0, 0.1) is 11.3 Å². The van der Waals surface area contributed by atoms with Crippen molar-refractivity contribution < 1.29 is 9.53 Å². The molecule has 0 aromatic rings. The van der Waals surface area contributed by atoms with Gasteiger partial charge in [0.25, 0.3) is 0 Å². The van der Waals surface area contributed by atoms with Gasteiger partial charge in [0, 0.05) is 13.0 Å². The number of hydrogen-bond donors (Lipinski definition) is 0. The molecule has 2 heteroatoms. The zero-order valence-corrected chi connectivity index (χ0v) is 9.43. The van der Waals surface area contributed by atoms with Crippen LogP contribution in [0.15, 0.2) is 0 Å². The average Bonchev–Trinajstić information content (AvgIpc) is 2.48. The highest BCUT2D eigenvalue weighted by Crippen LogP contribution is 2.60. The summed E-state index contributed by atoms with van der Waals surface area (Å²) in [5.41, 5.74) is 0.562. The van der Waals surface area contributed by atoms with E-state index in [2.05, 4.69) is 6.92 Å². The molecule has 0 amide bonds. The highest BCUT2D eigenvalue weighted by atomic mass is 16.5. The minimum Gasteiger partial charge on any atom is -0.378 e. The summed E-state index contributed by atoms with van der Waals surface area (Å²) in [7, 11) is 1.80. The topological polar surface area (TPSA) is 26.3 Å². The molecule has 1 unspecified atom stereocenters. The Morgan fingerprint density at radius 1 is 1.43 bits per heavy atom. The Bertz CT molecular complexity index is 251. The van der Waals surface area contributed by atoms with Crippen LogP contribution in [-0.4, -0.2) is 18.5 Å². The van der Waals surface area contributed by atoms with Crippen molar-refractivity contribution in [3.63, 3.8) is 0 Å². The fourth-order valence-corrected chi connectivity index (χ4v) is 3.55. The van der Waals surface area contributed by atoms with Gasteiger partial charge in [0.1, 0.15) is 5.78 Å². The monoisotopic (exact) mass is 196 g/mol. The van der Waals surface area contributed by atoms with Gasteiger partial charge < -0.3 is 4.74 Å². The van der Waals surface area contributed by atoms with Gasteiger partial charge in [-0.2, -0.15) is 0 Å². The minimum atomic E-state index is 0.103. The molecule has 1 spiro atoms. The first kappa shape index (κ1) is 10.2. The highest BCUT2D eigenvalue weighted by molar-refractivity contribution is 5.78. The molecule has 14 heavy (non-hydrogen) atoms. The SMILES string of the molecule is COC1(C)CC2(CCC(C(C)=O)C2)C1. The maximum atomic E-state index is 11.3. The Balaban J connectivity index is 1.95. The van der Waals surface area contributed by atoms with E-state index in [9.17, 15) is 4.79 Å². The fraction of sp³-hybridized carbons (Fsp3) is 0.917. The molecular weight excluding hydrogens is 176 g/mol. The molecule has 1 atom stereocenters. The third-order valence-electron chi connectivity index (χ3n) is 4.27. The molecule has 0 aliphatic heterocycles. The molecule has 2 rings (SSSR count). The summed E-state index contributed by atoms with van der Waals surface area (Å²) in [5, 5.41) is 0. The molecule has 0 saturated heterocycles. The van der Waals surface area contributed by atoms with Crippen LogP contribution in [0.2, 0.25) is 0 Å². The second kappa shape index (κ2) is 3.06. The van der Waals surface area contributed by atoms with Crippen molar-refractivity contribution >= 4 is 5.78 Å². The predicted molar refractivity (Wildman–Crippen MR) is 55.1 cm³/mol. The Morgan fingerprint density at radius 3 is 2.50 bits per heavy atom. The number of rotatable bonds is 2. The van der Waals surface area contributed by atoms with E-state index in [0.29, 0.717) is 17.1 Å². The molecule has 0 heterocycles. The van der Waals surface area contributed by atoms with E-state index in [4.69, 9.17) is 4.74 Å². The van der Waals surface area contributed by atoms with E-state index in [0.717, 1.165) is 25.7 Å². The van der Waals surface area contributed by atoms with Gasteiger partial charge in [-0.1, -0.05) is 0 Å². The lowest BCUT2D eigenvalue weighted by Gasteiger charge is -2.52. The summed E-state index contributed by atoms with van der Waals surface area (Å²) in [6, 6.07) is 0. The molecule has 0 aromatic heterocycles. The highest BCUT2D eigenvalue weighted by Gasteiger charge is 2.55. The van der Waals surface area contributed by atoms with Crippen molar-refractivity contribution in [2.75, 3.05) is 7.11 Å². The largest absolute Gasteiger partial charge is 0.378 e. The summed E-state index contributed by atoms with van der Waals surface area (Å²) < 4.78 is 5.47. The van der Waals surface area contributed by atoms with E-state index in [1.807, 2.05) is 0 Å². The average molecular weight is 196 g/mol. The first-order chi connectivity index (χ1) is 6.49. The Kier molecular flexibility index (Phi) is 2.22. The summed E-state index contributed by atoms with van der Waals surface area (Å²) in [5.74, 6) is 0.726. The Labute approximate surface area is 86.0 Å². The van der Waals surface area contributed by atoms with E-state index >= 15 is 0 Å². The van der Waals surface area contributed by atoms with Crippen LogP contribution in [0.5, 0.6) is 0 Å². The maximum absolute atomic E-state index is 11.3. The van der Waals surface area contributed by atoms with Crippen molar-refractivity contribution in [1.29, 1.82) is 0 Å². The summed E-state index contributed by atoms with van der Waals surface area (Å²) in [4.78, 5) is 11.3. The predicted octanol–water partition coefficient (Wildman–Crippen LogP) is 2.56. The molecule has 0 radical (unpaired) electrons. The fourth-order valence-electron chi connectivity index (χ4n) is 3.55. The lowest BCUT2D eigenvalue weighted by Crippen LogP contribution is -2.50. The number of ether oxygens (including phenoxy) is 1. The van der Waals surface area contributed by atoms with Gasteiger partial charge >= 0.3 is 0 Å². The molecule has 0 N–H and O–H groups in total. The lowest BCUT2D eigenvalue weighted by molar-refractivity contribution is -0.140. The number of hydrogen-bond acceptors (Lipinski definition) is 2.